The van der Waals surface area contributed by atoms with Crippen molar-refractivity contribution in [3.63, 3.8) is 0 Å². The molecule has 5 N–H and O–H groups in total. The SMILES string of the molecule is NC(=O)[C@@H](Cc1cnc2ccccc2n1)NC(=O)C[C@@H]1NC(=O)[C@H](Cc2ccccc2)NC1=O. The van der Waals surface area contributed by atoms with Crippen molar-refractivity contribution < 1.29 is 19.2 Å². The van der Waals surface area contributed by atoms with E-state index in [-0.39, 0.29) is 18.7 Å². The summed E-state index contributed by atoms with van der Waals surface area (Å²) in [6, 6.07) is 13.7. The lowest BCUT2D eigenvalue weighted by atomic mass is 10.0. The van der Waals surface area contributed by atoms with Crippen molar-refractivity contribution in [2.24, 2.45) is 5.73 Å². The fourth-order valence-corrected chi connectivity index (χ4v) is 3.78. The lowest BCUT2D eigenvalue weighted by Crippen LogP contribution is -2.63. The first-order valence-electron chi connectivity index (χ1n) is 10.8. The summed E-state index contributed by atoms with van der Waals surface area (Å²) in [7, 11) is 0. The molecule has 4 rings (SSSR count). The van der Waals surface area contributed by atoms with E-state index in [0.717, 1.165) is 5.56 Å². The minimum absolute atomic E-state index is 0.0429. The second-order valence-corrected chi connectivity index (χ2v) is 8.09. The Morgan fingerprint density at radius 2 is 1.59 bits per heavy atom. The Bertz CT molecular complexity index is 1230. The highest BCUT2D eigenvalue weighted by Gasteiger charge is 2.35. The smallest absolute Gasteiger partial charge is 0.243 e. The van der Waals surface area contributed by atoms with Crippen molar-refractivity contribution in [1.82, 2.24) is 25.9 Å². The van der Waals surface area contributed by atoms with Gasteiger partial charge < -0.3 is 21.7 Å². The van der Waals surface area contributed by atoms with Crippen molar-refractivity contribution in [2.45, 2.75) is 37.4 Å². The van der Waals surface area contributed by atoms with Crippen LogP contribution in [0.4, 0.5) is 0 Å². The van der Waals surface area contributed by atoms with Crippen LogP contribution >= 0.6 is 0 Å². The van der Waals surface area contributed by atoms with Crippen molar-refractivity contribution >= 4 is 34.7 Å². The summed E-state index contributed by atoms with van der Waals surface area (Å²) in [5, 5.41) is 7.79. The predicted molar refractivity (Wildman–Crippen MR) is 123 cm³/mol. The van der Waals surface area contributed by atoms with Crippen LogP contribution in [0.25, 0.3) is 11.0 Å². The largest absolute Gasteiger partial charge is 0.368 e. The quantitative estimate of drug-likeness (QED) is 0.363. The van der Waals surface area contributed by atoms with E-state index in [9.17, 15) is 19.2 Å². The molecule has 34 heavy (non-hydrogen) atoms. The van der Waals surface area contributed by atoms with Gasteiger partial charge in [-0.05, 0) is 17.7 Å². The highest BCUT2D eigenvalue weighted by Crippen LogP contribution is 2.11. The lowest BCUT2D eigenvalue weighted by Gasteiger charge is -2.29. The lowest BCUT2D eigenvalue weighted by molar-refractivity contribution is -0.138. The molecule has 4 amide bonds. The number of carbonyl (C=O) groups is 4. The van der Waals surface area contributed by atoms with Gasteiger partial charge in [-0.15, -0.1) is 0 Å². The van der Waals surface area contributed by atoms with Crippen LogP contribution < -0.4 is 21.7 Å². The monoisotopic (exact) mass is 460 g/mol. The molecule has 1 aromatic heterocycles. The van der Waals surface area contributed by atoms with Gasteiger partial charge in [0.15, 0.2) is 0 Å². The molecule has 10 nitrogen and oxygen atoms in total. The summed E-state index contributed by atoms with van der Waals surface area (Å²) < 4.78 is 0. The van der Waals surface area contributed by atoms with Crippen LogP contribution in [0.2, 0.25) is 0 Å². The van der Waals surface area contributed by atoms with Gasteiger partial charge >= 0.3 is 0 Å². The number of nitrogens with two attached hydrogens (primary N) is 1. The Morgan fingerprint density at radius 3 is 2.32 bits per heavy atom. The number of rotatable bonds is 8. The minimum Gasteiger partial charge on any atom is -0.368 e. The number of para-hydroxylation sites is 2. The van der Waals surface area contributed by atoms with Gasteiger partial charge in [-0.3, -0.25) is 24.2 Å². The molecule has 0 aliphatic carbocycles. The molecule has 174 valence electrons. The Balaban J connectivity index is 1.35. The highest BCUT2D eigenvalue weighted by atomic mass is 16.2. The standard InChI is InChI=1S/C24H24N6O4/c25-22(32)18(11-15-13-26-16-8-4-5-9-17(16)27-15)28-21(31)12-20-24(34)29-19(23(33)30-20)10-14-6-2-1-3-7-14/h1-9,13,18-20H,10-12H2,(H2,25,32)(H,28,31)(H,29,34)(H,30,33)/t18-,19+,20+/m1/s1. The molecule has 10 heteroatoms. The number of benzene rings is 2. The van der Waals surface area contributed by atoms with Gasteiger partial charge in [0.05, 0.1) is 23.1 Å². The molecular formula is C24H24N6O4. The van der Waals surface area contributed by atoms with Gasteiger partial charge in [0.25, 0.3) is 0 Å². The topological polar surface area (TPSA) is 156 Å². The number of carbonyl (C=O) groups excluding carboxylic acids is 4. The number of primary amides is 1. The summed E-state index contributed by atoms with van der Waals surface area (Å²) in [5.41, 5.74) is 8.21. The number of aromatic nitrogens is 2. The third-order valence-corrected chi connectivity index (χ3v) is 5.53. The van der Waals surface area contributed by atoms with Crippen molar-refractivity contribution in [1.29, 1.82) is 0 Å². The van der Waals surface area contributed by atoms with Gasteiger partial charge in [0, 0.05) is 19.0 Å². The number of fused-ring (bicyclic) bond motifs is 1. The second kappa shape index (κ2) is 10.1. The zero-order chi connectivity index (χ0) is 24.1. The van der Waals surface area contributed by atoms with Crippen LogP contribution in [0.1, 0.15) is 17.7 Å². The number of nitrogens with zero attached hydrogens (tertiary/aromatic N) is 2. The molecule has 3 aromatic rings. The number of hydrogen-bond donors (Lipinski definition) is 4. The van der Waals surface area contributed by atoms with Crippen LogP contribution in [-0.4, -0.2) is 51.7 Å². The Hall–Kier alpha value is -4.34. The van der Waals surface area contributed by atoms with Gasteiger partial charge in [0.1, 0.15) is 18.1 Å². The summed E-state index contributed by atoms with van der Waals surface area (Å²) in [6.07, 6.45) is 1.57. The number of hydrogen-bond acceptors (Lipinski definition) is 6. The van der Waals surface area contributed by atoms with Crippen LogP contribution in [-0.2, 0) is 32.0 Å². The van der Waals surface area contributed by atoms with E-state index in [0.29, 0.717) is 23.1 Å². The number of piperazine rings is 1. The molecule has 0 bridgehead atoms. The Morgan fingerprint density at radius 1 is 0.941 bits per heavy atom. The third kappa shape index (κ3) is 5.52. The number of amides is 4. The fourth-order valence-electron chi connectivity index (χ4n) is 3.78. The zero-order valence-electron chi connectivity index (χ0n) is 18.2. The summed E-state index contributed by atoms with van der Waals surface area (Å²) in [6.45, 7) is 0. The van der Waals surface area contributed by atoms with Gasteiger partial charge in [0.2, 0.25) is 23.6 Å². The van der Waals surface area contributed by atoms with E-state index in [1.54, 1.807) is 6.07 Å². The Labute approximate surface area is 195 Å². The van der Waals surface area contributed by atoms with Crippen LogP contribution in [0.5, 0.6) is 0 Å². The van der Waals surface area contributed by atoms with E-state index in [4.69, 9.17) is 5.73 Å². The average Bonchev–Trinajstić information content (AvgIpc) is 2.82. The molecular weight excluding hydrogens is 436 g/mol. The molecule has 0 radical (unpaired) electrons. The van der Waals surface area contributed by atoms with Crippen molar-refractivity contribution in [3.05, 3.63) is 72.1 Å². The van der Waals surface area contributed by atoms with E-state index in [1.807, 2.05) is 48.5 Å². The predicted octanol–water partition coefficient (Wildman–Crippen LogP) is -0.242. The molecule has 2 aromatic carbocycles. The molecule has 2 heterocycles. The van der Waals surface area contributed by atoms with Crippen molar-refractivity contribution in [2.75, 3.05) is 0 Å². The first-order chi connectivity index (χ1) is 16.4. The van der Waals surface area contributed by atoms with Gasteiger partial charge in [-0.25, -0.2) is 4.98 Å². The average molecular weight is 460 g/mol. The molecule has 0 unspecified atom stereocenters. The van der Waals surface area contributed by atoms with Gasteiger partial charge in [-0.2, -0.15) is 0 Å². The molecule has 1 fully saturated rings. The van der Waals surface area contributed by atoms with Crippen LogP contribution in [0.15, 0.2) is 60.8 Å². The van der Waals surface area contributed by atoms with Crippen LogP contribution in [0.3, 0.4) is 0 Å². The first-order valence-corrected chi connectivity index (χ1v) is 10.8. The maximum Gasteiger partial charge on any atom is 0.243 e. The maximum absolute atomic E-state index is 12.6. The molecule has 1 saturated heterocycles. The first kappa shape index (κ1) is 22.8. The molecule has 0 spiro atoms. The highest BCUT2D eigenvalue weighted by molar-refractivity contribution is 5.99. The summed E-state index contributed by atoms with van der Waals surface area (Å²) in [4.78, 5) is 58.2. The molecule has 3 atom stereocenters. The Kier molecular flexibility index (Phi) is 6.77. The molecule has 1 aliphatic rings. The maximum atomic E-state index is 12.6. The van der Waals surface area contributed by atoms with E-state index >= 15 is 0 Å². The number of nitrogens with one attached hydrogen (secondary N) is 3. The normalized spacial score (nSPS) is 18.6. The summed E-state index contributed by atoms with van der Waals surface area (Å²) in [5.74, 6) is -2.19. The molecule has 0 saturated carbocycles. The fraction of sp³-hybridized carbons (Fsp3) is 0.250. The zero-order valence-corrected chi connectivity index (χ0v) is 18.2. The van der Waals surface area contributed by atoms with E-state index in [1.165, 1.54) is 6.20 Å². The van der Waals surface area contributed by atoms with Gasteiger partial charge in [-0.1, -0.05) is 42.5 Å². The van der Waals surface area contributed by atoms with E-state index in [2.05, 4.69) is 25.9 Å². The third-order valence-electron chi connectivity index (χ3n) is 5.53. The minimum atomic E-state index is -1.05. The second-order valence-electron chi connectivity index (χ2n) is 8.09. The van der Waals surface area contributed by atoms with Crippen molar-refractivity contribution in [3.8, 4) is 0 Å². The molecule has 1 aliphatic heterocycles. The van der Waals surface area contributed by atoms with E-state index < -0.39 is 35.8 Å². The van der Waals surface area contributed by atoms with Crippen LogP contribution in [0, 0.1) is 0 Å². The summed E-state index contributed by atoms with van der Waals surface area (Å²) >= 11 is 0.